The highest BCUT2D eigenvalue weighted by molar-refractivity contribution is 5.18. The van der Waals surface area contributed by atoms with Crippen LogP contribution >= 0.6 is 0 Å². The zero-order chi connectivity index (χ0) is 10.6. The fourth-order valence-electron chi connectivity index (χ4n) is 1.25. The van der Waals surface area contributed by atoms with Crippen LogP contribution in [-0.4, -0.2) is 27.6 Å². The summed E-state index contributed by atoms with van der Waals surface area (Å²) in [7, 11) is 0. The molecule has 1 aromatic heterocycles. The van der Waals surface area contributed by atoms with E-state index >= 15 is 0 Å². The summed E-state index contributed by atoms with van der Waals surface area (Å²) in [6, 6.07) is 0. The second kappa shape index (κ2) is 4.71. The van der Waals surface area contributed by atoms with Gasteiger partial charge in [-0.2, -0.15) is 0 Å². The molecule has 0 aliphatic heterocycles. The predicted molar refractivity (Wildman–Crippen MR) is 52.2 cm³/mol. The number of aromatic nitrogens is 2. The Morgan fingerprint density at radius 3 is 3.00 bits per heavy atom. The van der Waals surface area contributed by atoms with Gasteiger partial charge in [-0.25, -0.2) is 9.55 Å². The van der Waals surface area contributed by atoms with Crippen molar-refractivity contribution < 1.29 is 4.92 Å². The molecular formula is C8H14N4O2. The Hall–Kier alpha value is -1.43. The molecule has 0 fully saturated rings. The first-order chi connectivity index (χ1) is 6.66. The molecule has 6 nitrogen and oxygen atoms in total. The van der Waals surface area contributed by atoms with E-state index in [4.69, 9.17) is 0 Å². The van der Waals surface area contributed by atoms with Gasteiger partial charge in [0.15, 0.2) is 5.82 Å². The second-order valence-corrected chi connectivity index (χ2v) is 2.93. The minimum atomic E-state index is -0.411. The van der Waals surface area contributed by atoms with Crippen molar-refractivity contribution in [2.75, 3.05) is 13.1 Å². The van der Waals surface area contributed by atoms with Crippen LogP contribution < -0.4 is 5.32 Å². The molecule has 0 aromatic carbocycles. The quantitative estimate of drug-likeness (QED) is 0.429. The molecule has 0 saturated carbocycles. The molecule has 0 aliphatic rings. The molecule has 14 heavy (non-hydrogen) atoms. The van der Waals surface area contributed by atoms with E-state index in [0.717, 1.165) is 6.54 Å². The molecule has 1 N–H and O–H groups in total. The SMILES string of the molecule is CCNCCn1c([N+](=O)[O-])cnc1C. The van der Waals surface area contributed by atoms with Crippen molar-refractivity contribution in [1.29, 1.82) is 0 Å². The Morgan fingerprint density at radius 2 is 2.43 bits per heavy atom. The van der Waals surface area contributed by atoms with Gasteiger partial charge in [-0.05, 0) is 11.5 Å². The maximum atomic E-state index is 10.6. The molecular weight excluding hydrogens is 184 g/mol. The fourth-order valence-corrected chi connectivity index (χ4v) is 1.25. The number of hydrogen-bond donors (Lipinski definition) is 1. The van der Waals surface area contributed by atoms with Gasteiger partial charge in [-0.1, -0.05) is 6.92 Å². The number of likely N-dealkylation sites (N-methyl/N-ethyl adjacent to an activating group) is 1. The highest BCUT2D eigenvalue weighted by atomic mass is 16.6. The lowest BCUT2D eigenvalue weighted by Gasteiger charge is -2.02. The fraction of sp³-hybridized carbons (Fsp3) is 0.625. The smallest absolute Gasteiger partial charge is 0.342 e. The van der Waals surface area contributed by atoms with Crippen LogP contribution in [0.5, 0.6) is 0 Å². The second-order valence-electron chi connectivity index (χ2n) is 2.93. The first-order valence-corrected chi connectivity index (χ1v) is 4.54. The molecule has 78 valence electrons. The summed E-state index contributed by atoms with van der Waals surface area (Å²) in [6.45, 7) is 5.92. The average Bonchev–Trinajstić information content (AvgIpc) is 2.48. The first kappa shape index (κ1) is 10.6. The van der Waals surface area contributed by atoms with Gasteiger partial charge >= 0.3 is 5.82 Å². The lowest BCUT2D eigenvalue weighted by atomic mass is 10.5. The van der Waals surface area contributed by atoms with E-state index in [9.17, 15) is 10.1 Å². The molecule has 1 heterocycles. The Bertz CT molecular complexity index is 321. The third-order valence-corrected chi connectivity index (χ3v) is 1.98. The summed E-state index contributed by atoms with van der Waals surface area (Å²) in [5.41, 5.74) is 0. The third kappa shape index (κ3) is 2.29. The zero-order valence-electron chi connectivity index (χ0n) is 8.36. The summed E-state index contributed by atoms with van der Waals surface area (Å²) in [4.78, 5) is 14.1. The Labute approximate surface area is 82.1 Å². The van der Waals surface area contributed by atoms with Gasteiger partial charge in [0.2, 0.25) is 0 Å². The van der Waals surface area contributed by atoms with Crippen molar-refractivity contribution in [3.63, 3.8) is 0 Å². The van der Waals surface area contributed by atoms with Crippen LogP contribution in [0.3, 0.4) is 0 Å². The van der Waals surface area contributed by atoms with Crippen molar-refractivity contribution in [3.8, 4) is 0 Å². The molecule has 0 aliphatic carbocycles. The van der Waals surface area contributed by atoms with Crippen molar-refractivity contribution >= 4 is 5.82 Å². The number of nitrogens with zero attached hydrogens (tertiary/aromatic N) is 3. The number of aryl methyl sites for hydroxylation is 1. The molecule has 1 rings (SSSR count). The van der Waals surface area contributed by atoms with Gasteiger partial charge in [0.1, 0.15) is 12.7 Å². The third-order valence-electron chi connectivity index (χ3n) is 1.98. The molecule has 0 saturated heterocycles. The van der Waals surface area contributed by atoms with Gasteiger partial charge < -0.3 is 15.4 Å². The van der Waals surface area contributed by atoms with Crippen molar-refractivity contribution in [2.45, 2.75) is 20.4 Å². The van der Waals surface area contributed by atoms with Gasteiger partial charge in [-0.15, -0.1) is 0 Å². The minimum absolute atomic E-state index is 0.0559. The molecule has 0 amide bonds. The average molecular weight is 198 g/mol. The van der Waals surface area contributed by atoms with Gasteiger partial charge in [-0.3, -0.25) is 0 Å². The van der Waals surface area contributed by atoms with E-state index in [1.54, 1.807) is 11.5 Å². The summed E-state index contributed by atoms with van der Waals surface area (Å²) < 4.78 is 1.60. The number of nitro groups is 1. The molecule has 0 radical (unpaired) electrons. The van der Waals surface area contributed by atoms with Crippen LogP contribution in [0.25, 0.3) is 0 Å². The Morgan fingerprint density at radius 1 is 1.71 bits per heavy atom. The van der Waals surface area contributed by atoms with Crippen LogP contribution in [0, 0.1) is 17.0 Å². The van der Waals surface area contributed by atoms with Crippen molar-refractivity contribution in [1.82, 2.24) is 14.9 Å². The summed E-state index contributed by atoms with van der Waals surface area (Å²) in [6.07, 6.45) is 1.29. The number of nitrogens with one attached hydrogen (secondary N) is 1. The van der Waals surface area contributed by atoms with Crippen molar-refractivity contribution in [3.05, 3.63) is 22.1 Å². The lowest BCUT2D eigenvalue weighted by Crippen LogP contribution is -2.20. The number of imidazole rings is 1. The Kier molecular flexibility index (Phi) is 3.58. The van der Waals surface area contributed by atoms with E-state index in [-0.39, 0.29) is 5.82 Å². The van der Waals surface area contributed by atoms with Crippen LogP contribution in [-0.2, 0) is 6.54 Å². The van der Waals surface area contributed by atoms with Gasteiger partial charge in [0, 0.05) is 13.5 Å². The van der Waals surface area contributed by atoms with E-state index in [1.807, 2.05) is 6.92 Å². The van der Waals surface area contributed by atoms with Crippen LogP contribution in [0.15, 0.2) is 6.20 Å². The molecule has 0 atom stereocenters. The van der Waals surface area contributed by atoms with Crippen LogP contribution in [0.1, 0.15) is 12.7 Å². The number of rotatable bonds is 5. The van der Waals surface area contributed by atoms with E-state index in [2.05, 4.69) is 10.3 Å². The highest BCUT2D eigenvalue weighted by Crippen LogP contribution is 2.12. The number of hydrogen-bond acceptors (Lipinski definition) is 4. The van der Waals surface area contributed by atoms with Gasteiger partial charge in [0.05, 0.1) is 0 Å². The first-order valence-electron chi connectivity index (χ1n) is 4.54. The maximum Gasteiger partial charge on any atom is 0.342 e. The molecule has 0 unspecified atom stereocenters. The molecule has 1 aromatic rings. The normalized spacial score (nSPS) is 10.4. The van der Waals surface area contributed by atoms with Crippen LogP contribution in [0.2, 0.25) is 0 Å². The predicted octanol–water partition coefficient (Wildman–Crippen LogP) is 0.709. The van der Waals surface area contributed by atoms with E-state index < -0.39 is 4.92 Å². The summed E-state index contributed by atoms with van der Waals surface area (Å²) in [5.74, 6) is 0.731. The van der Waals surface area contributed by atoms with E-state index in [0.29, 0.717) is 18.9 Å². The molecule has 0 bridgehead atoms. The minimum Gasteiger partial charge on any atom is -0.358 e. The zero-order valence-corrected chi connectivity index (χ0v) is 8.36. The van der Waals surface area contributed by atoms with Gasteiger partial charge in [0.25, 0.3) is 0 Å². The van der Waals surface area contributed by atoms with E-state index in [1.165, 1.54) is 6.20 Å². The standard InChI is InChI=1S/C8H14N4O2/c1-3-9-4-5-11-7(2)10-6-8(11)12(13)14/h6,9H,3-5H2,1-2H3. The van der Waals surface area contributed by atoms with Crippen molar-refractivity contribution in [2.24, 2.45) is 0 Å². The molecule has 0 spiro atoms. The molecule has 6 heteroatoms. The summed E-state index contributed by atoms with van der Waals surface area (Å²) >= 11 is 0. The largest absolute Gasteiger partial charge is 0.358 e. The topological polar surface area (TPSA) is 73.0 Å². The lowest BCUT2D eigenvalue weighted by molar-refractivity contribution is -0.392. The summed E-state index contributed by atoms with van der Waals surface area (Å²) in [5, 5.41) is 13.7. The monoisotopic (exact) mass is 198 g/mol. The Balaban J connectivity index is 2.72. The highest BCUT2D eigenvalue weighted by Gasteiger charge is 2.15. The van der Waals surface area contributed by atoms with Crippen LogP contribution in [0.4, 0.5) is 5.82 Å². The maximum absolute atomic E-state index is 10.6.